The second-order valence-corrected chi connectivity index (χ2v) is 8.37. The molecule has 3 aromatic rings. The Hall–Kier alpha value is -2.82. The summed E-state index contributed by atoms with van der Waals surface area (Å²) in [5.74, 6) is -1.21. The molecule has 0 bridgehead atoms. The van der Waals surface area contributed by atoms with Gasteiger partial charge in [0, 0.05) is 21.5 Å². The molecule has 0 aromatic heterocycles. The monoisotopic (exact) mass is 437 g/mol. The molecule has 2 heterocycles. The molecule has 4 nitrogen and oxygen atoms in total. The van der Waals surface area contributed by atoms with Crippen LogP contribution in [0.5, 0.6) is 0 Å². The molecule has 0 radical (unpaired) electrons. The highest BCUT2D eigenvalue weighted by Gasteiger charge is 2.63. The van der Waals surface area contributed by atoms with Crippen LogP contribution in [0.4, 0.5) is 5.69 Å². The SMILES string of the molecule is O=C1C[C@@H](c2ccc(Cl)cc2Cl)[C@@]2(O1)C(=O)N(Cc1ccccc1)c1ccccc12. The molecule has 150 valence electrons. The molecule has 3 aromatic carbocycles. The number of anilines is 1. The first kappa shape index (κ1) is 19.2. The molecule has 1 fully saturated rings. The lowest BCUT2D eigenvalue weighted by molar-refractivity contribution is -0.158. The first-order valence-corrected chi connectivity index (χ1v) is 10.4. The number of hydrogen-bond donors (Lipinski definition) is 0. The number of hydrogen-bond acceptors (Lipinski definition) is 3. The fraction of sp³-hybridized carbons (Fsp3) is 0.167. The highest BCUT2D eigenvalue weighted by molar-refractivity contribution is 6.35. The van der Waals surface area contributed by atoms with Crippen molar-refractivity contribution < 1.29 is 14.3 Å². The van der Waals surface area contributed by atoms with E-state index in [2.05, 4.69) is 0 Å². The Kier molecular flexibility index (Phi) is 4.57. The van der Waals surface area contributed by atoms with Crippen LogP contribution in [0.25, 0.3) is 0 Å². The standard InChI is InChI=1S/C24H17Cl2NO3/c25-16-10-11-17(20(26)12-16)19-13-22(28)30-24(19)18-8-4-5-9-21(18)27(23(24)29)14-15-6-2-1-3-7-15/h1-12,19H,13-14H2/t19-,24+/m0/s1. The Balaban J connectivity index is 1.66. The Labute approximate surface area is 184 Å². The second-order valence-electron chi connectivity index (χ2n) is 7.53. The van der Waals surface area contributed by atoms with Crippen LogP contribution in [-0.4, -0.2) is 11.9 Å². The van der Waals surface area contributed by atoms with Crippen LogP contribution in [0.2, 0.25) is 10.0 Å². The number of para-hydroxylation sites is 1. The lowest BCUT2D eigenvalue weighted by Crippen LogP contribution is -2.43. The lowest BCUT2D eigenvalue weighted by Gasteiger charge is -2.29. The number of benzene rings is 3. The fourth-order valence-electron chi connectivity index (χ4n) is 4.52. The Morgan fingerprint density at radius 1 is 0.967 bits per heavy atom. The van der Waals surface area contributed by atoms with E-state index < -0.39 is 17.5 Å². The van der Waals surface area contributed by atoms with E-state index in [0.29, 0.717) is 27.7 Å². The molecule has 1 saturated heterocycles. The summed E-state index contributed by atoms with van der Waals surface area (Å²) in [7, 11) is 0. The highest BCUT2D eigenvalue weighted by Crippen LogP contribution is 2.56. The minimum atomic E-state index is -1.43. The minimum Gasteiger partial charge on any atom is -0.443 e. The maximum absolute atomic E-state index is 13.9. The molecule has 0 unspecified atom stereocenters. The zero-order valence-corrected chi connectivity index (χ0v) is 17.4. The van der Waals surface area contributed by atoms with Gasteiger partial charge in [0.05, 0.1) is 18.7 Å². The normalized spacial score (nSPS) is 22.5. The molecule has 2 aliphatic heterocycles. The summed E-state index contributed by atoms with van der Waals surface area (Å²) in [5.41, 5.74) is 1.67. The predicted molar refractivity (Wildman–Crippen MR) is 116 cm³/mol. The van der Waals surface area contributed by atoms with Crippen molar-refractivity contribution in [3.05, 3.63) is 99.5 Å². The second kappa shape index (κ2) is 7.15. The van der Waals surface area contributed by atoms with E-state index >= 15 is 0 Å². The molecule has 1 amide bonds. The summed E-state index contributed by atoms with van der Waals surface area (Å²) in [6, 6.07) is 22.3. The molecule has 0 saturated carbocycles. The van der Waals surface area contributed by atoms with Gasteiger partial charge in [-0.2, -0.15) is 0 Å². The predicted octanol–water partition coefficient (Wildman–Crippen LogP) is 5.47. The van der Waals surface area contributed by atoms with E-state index in [9.17, 15) is 9.59 Å². The average Bonchev–Trinajstić information content (AvgIpc) is 3.20. The third-order valence-electron chi connectivity index (χ3n) is 5.82. The van der Waals surface area contributed by atoms with Crippen molar-refractivity contribution in [2.75, 3.05) is 4.90 Å². The van der Waals surface area contributed by atoms with Crippen molar-refractivity contribution in [2.45, 2.75) is 24.5 Å². The number of carbonyl (C=O) groups is 2. The first-order chi connectivity index (χ1) is 14.5. The summed E-state index contributed by atoms with van der Waals surface area (Å²) in [6.07, 6.45) is 0.0700. The van der Waals surface area contributed by atoms with Gasteiger partial charge in [0.1, 0.15) is 0 Å². The van der Waals surface area contributed by atoms with Gasteiger partial charge in [-0.1, -0.05) is 77.8 Å². The molecule has 0 aliphatic carbocycles. The van der Waals surface area contributed by atoms with Crippen LogP contribution in [0.1, 0.15) is 29.0 Å². The largest absolute Gasteiger partial charge is 0.443 e. The number of amides is 1. The van der Waals surface area contributed by atoms with Gasteiger partial charge in [-0.25, -0.2) is 0 Å². The number of ether oxygens (including phenoxy) is 1. The fourth-order valence-corrected chi connectivity index (χ4v) is 5.06. The van der Waals surface area contributed by atoms with Gasteiger partial charge in [0.2, 0.25) is 5.60 Å². The van der Waals surface area contributed by atoms with E-state index in [1.54, 1.807) is 23.1 Å². The van der Waals surface area contributed by atoms with E-state index in [1.807, 2.05) is 54.6 Å². The van der Waals surface area contributed by atoms with Crippen LogP contribution in [-0.2, 0) is 26.5 Å². The van der Waals surface area contributed by atoms with Crippen LogP contribution in [0, 0.1) is 0 Å². The molecule has 1 spiro atoms. The number of fused-ring (bicyclic) bond motifs is 2. The summed E-state index contributed by atoms with van der Waals surface area (Å²) < 4.78 is 5.85. The van der Waals surface area contributed by atoms with Gasteiger partial charge in [-0.15, -0.1) is 0 Å². The molecule has 2 aliphatic rings. The van der Waals surface area contributed by atoms with E-state index in [4.69, 9.17) is 27.9 Å². The number of halogens is 2. The van der Waals surface area contributed by atoms with Gasteiger partial charge in [0.25, 0.3) is 5.91 Å². The Morgan fingerprint density at radius 3 is 2.47 bits per heavy atom. The number of carbonyl (C=O) groups excluding carboxylic acids is 2. The average molecular weight is 438 g/mol. The van der Waals surface area contributed by atoms with Crippen LogP contribution >= 0.6 is 23.2 Å². The number of esters is 1. The van der Waals surface area contributed by atoms with Crippen molar-refractivity contribution >= 4 is 40.8 Å². The molecule has 30 heavy (non-hydrogen) atoms. The summed E-state index contributed by atoms with van der Waals surface area (Å²) >= 11 is 12.6. The van der Waals surface area contributed by atoms with Crippen molar-refractivity contribution in [2.24, 2.45) is 0 Å². The van der Waals surface area contributed by atoms with Crippen molar-refractivity contribution in [3.8, 4) is 0 Å². The third kappa shape index (κ3) is 2.83. The third-order valence-corrected chi connectivity index (χ3v) is 6.38. The molecular formula is C24H17Cl2NO3. The van der Waals surface area contributed by atoms with Crippen molar-refractivity contribution in [1.82, 2.24) is 0 Å². The smallest absolute Gasteiger partial charge is 0.308 e. The molecule has 2 atom stereocenters. The summed E-state index contributed by atoms with van der Waals surface area (Å²) in [6.45, 7) is 0.386. The zero-order chi connectivity index (χ0) is 20.9. The van der Waals surface area contributed by atoms with E-state index in [1.165, 1.54) is 0 Å². The minimum absolute atomic E-state index is 0.0700. The van der Waals surface area contributed by atoms with Crippen LogP contribution < -0.4 is 4.90 Å². The van der Waals surface area contributed by atoms with Crippen LogP contribution in [0.3, 0.4) is 0 Å². The number of nitrogens with zero attached hydrogens (tertiary/aromatic N) is 1. The zero-order valence-electron chi connectivity index (χ0n) is 15.8. The molecule has 5 rings (SSSR count). The lowest BCUT2D eigenvalue weighted by atomic mass is 9.78. The maximum atomic E-state index is 13.9. The van der Waals surface area contributed by atoms with Gasteiger partial charge in [0.15, 0.2) is 0 Å². The van der Waals surface area contributed by atoms with Gasteiger partial charge < -0.3 is 9.64 Å². The van der Waals surface area contributed by atoms with Gasteiger partial charge >= 0.3 is 5.97 Å². The molecular weight excluding hydrogens is 421 g/mol. The maximum Gasteiger partial charge on any atom is 0.308 e. The Morgan fingerprint density at radius 2 is 1.70 bits per heavy atom. The molecule has 6 heteroatoms. The van der Waals surface area contributed by atoms with E-state index in [0.717, 1.165) is 11.3 Å². The quantitative estimate of drug-likeness (QED) is 0.510. The molecule has 0 N–H and O–H groups in total. The van der Waals surface area contributed by atoms with Crippen LogP contribution in [0.15, 0.2) is 72.8 Å². The topological polar surface area (TPSA) is 46.6 Å². The summed E-state index contributed by atoms with van der Waals surface area (Å²) in [4.78, 5) is 28.1. The van der Waals surface area contributed by atoms with Gasteiger partial charge in [-0.3, -0.25) is 9.59 Å². The van der Waals surface area contributed by atoms with Gasteiger partial charge in [-0.05, 0) is 29.3 Å². The summed E-state index contributed by atoms with van der Waals surface area (Å²) in [5, 5.41) is 0.906. The first-order valence-electron chi connectivity index (χ1n) is 9.63. The number of rotatable bonds is 3. The van der Waals surface area contributed by atoms with Crippen molar-refractivity contribution in [3.63, 3.8) is 0 Å². The Bertz CT molecular complexity index is 1160. The van der Waals surface area contributed by atoms with E-state index in [-0.39, 0.29) is 12.3 Å². The highest BCUT2D eigenvalue weighted by atomic mass is 35.5. The van der Waals surface area contributed by atoms with Crippen molar-refractivity contribution in [1.29, 1.82) is 0 Å².